The quantitative estimate of drug-likeness (QED) is 0.207. The van der Waals surface area contributed by atoms with Gasteiger partial charge in [-0.2, -0.15) is 0 Å². The van der Waals surface area contributed by atoms with Crippen LogP contribution in [0, 0.1) is 15.9 Å². The number of hydrogen-bond donors (Lipinski definition) is 0. The summed E-state index contributed by atoms with van der Waals surface area (Å²) in [5, 5.41) is 12.8. The van der Waals surface area contributed by atoms with Crippen molar-refractivity contribution in [1.29, 1.82) is 0 Å². The first-order valence-corrected chi connectivity index (χ1v) is 9.09. The standard InChI is InChI=1S/C20H12FN3O3S/c21-15-6-4-13(5-7-15)19-17(23-10-11-28-20(23)22-19)8-9-18(25)14-2-1-3-16(12-14)24(26)27/h1-12H/b9-8+. The topological polar surface area (TPSA) is 77.5 Å². The molecule has 0 N–H and O–H groups in total. The third kappa shape index (κ3) is 3.33. The number of allylic oxidation sites excluding steroid dienone is 1. The summed E-state index contributed by atoms with van der Waals surface area (Å²) in [6, 6.07) is 11.5. The predicted octanol–water partition coefficient (Wildman–Crippen LogP) is 5.01. The smallest absolute Gasteiger partial charge is 0.270 e. The van der Waals surface area contributed by atoms with Crippen molar-refractivity contribution < 1.29 is 14.1 Å². The zero-order valence-corrected chi connectivity index (χ0v) is 15.1. The zero-order valence-electron chi connectivity index (χ0n) is 14.3. The van der Waals surface area contributed by atoms with Gasteiger partial charge in [0, 0.05) is 34.8 Å². The Morgan fingerprint density at radius 2 is 2.00 bits per heavy atom. The molecule has 0 saturated carbocycles. The molecule has 0 amide bonds. The Morgan fingerprint density at radius 3 is 2.75 bits per heavy atom. The first kappa shape index (κ1) is 17.7. The van der Waals surface area contributed by atoms with E-state index in [1.807, 2.05) is 16.0 Å². The molecule has 4 aromatic rings. The Morgan fingerprint density at radius 1 is 1.21 bits per heavy atom. The molecule has 0 bridgehead atoms. The fourth-order valence-electron chi connectivity index (χ4n) is 2.81. The molecule has 2 aromatic heterocycles. The monoisotopic (exact) mass is 393 g/mol. The minimum Gasteiger partial charge on any atom is -0.290 e. The molecule has 6 nitrogen and oxygen atoms in total. The summed E-state index contributed by atoms with van der Waals surface area (Å²) in [6.07, 6.45) is 4.80. The van der Waals surface area contributed by atoms with E-state index in [-0.39, 0.29) is 22.9 Å². The number of aromatic nitrogens is 2. The lowest BCUT2D eigenvalue weighted by Crippen LogP contribution is -1.97. The van der Waals surface area contributed by atoms with E-state index in [0.717, 1.165) is 10.5 Å². The molecule has 0 radical (unpaired) electrons. The molecule has 0 unspecified atom stereocenters. The van der Waals surface area contributed by atoms with Crippen molar-refractivity contribution >= 4 is 33.8 Å². The first-order valence-electron chi connectivity index (χ1n) is 8.21. The zero-order chi connectivity index (χ0) is 19.7. The van der Waals surface area contributed by atoms with Gasteiger partial charge in [-0.25, -0.2) is 9.37 Å². The molecule has 0 aliphatic heterocycles. The second-order valence-corrected chi connectivity index (χ2v) is 6.79. The molecule has 2 heterocycles. The Kier molecular flexibility index (Phi) is 4.54. The third-order valence-corrected chi connectivity index (χ3v) is 4.91. The largest absolute Gasteiger partial charge is 0.290 e. The second kappa shape index (κ2) is 7.16. The van der Waals surface area contributed by atoms with Gasteiger partial charge in [-0.3, -0.25) is 19.3 Å². The number of rotatable bonds is 5. The Bertz CT molecular complexity index is 1230. The number of carbonyl (C=O) groups is 1. The van der Waals surface area contributed by atoms with Crippen LogP contribution < -0.4 is 0 Å². The Labute approximate surface area is 162 Å². The van der Waals surface area contributed by atoms with Crippen LogP contribution in [0.15, 0.2) is 66.2 Å². The lowest BCUT2D eigenvalue weighted by molar-refractivity contribution is -0.384. The van der Waals surface area contributed by atoms with E-state index in [0.29, 0.717) is 11.4 Å². The van der Waals surface area contributed by atoms with Crippen molar-refractivity contribution in [3.63, 3.8) is 0 Å². The maximum Gasteiger partial charge on any atom is 0.270 e. The van der Waals surface area contributed by atoms with Crippen molar-refractivity contribution in [2.75, 3.05) is 0 Å². The van der Waals surface area contributed by atoms with E-state index in [9.17, 15) is 19.3 Å². The first-order chi connectivity index (χ1) is 13.5. The third-order valence-electron chi connectivity index (χ3n) is 4.15. The molecular formula is C20H12FN3O3S. The maximum absolute atomic E-state index is 13.2. The van der Waals surface area contributed by atoms with Gasteiger partial charge in [0.05, 0.1) is 16.3 Å². The van der Waals surface area contributed by atoms with Gasteiger partial charge in [0.25, 0.3) is 5.69 Å². The van der Waals surface area contributed by atoms with E-state index in [4.69, 9.17) is 0 Å². The lowest BCUT2D eigenvalue weighted by Gasteiger charge is -2.01. The van der Waals surface area contributed by atoms with E-state index < -0.39 is 4.92 Å². The van der Waals surface area contributed by atoms with Gasteiger partial charge in [-0.1, -0.05) is 12.1 Å². The highest BCUT2D eigenvalue weighted by atomic mass is 32.1. The molecular weight excluding hydrogens is 381 g/mol. The van der Waals surface area contributed by atoms with Gasteiger partial charge in [0.1, 0.15) is 5.82 Å². The van der Waals surface area contributed by atoms with Crippen LogP contribution >= 0.6 is 11.3 Å². The van der Waals surface area contributed by atoms with Crippen LogP contribution in [0.1, 0.15) is 16.1 Å². The minimum absolute atomic E-state index is 0.143. The molecule has 28 heavy (non-hydrogen) atoms. The fraction of sp³-hybridized carbons (Fsp3) is 0. The van der Waals surface area contributed by atoms with Gasteiger partial charge >= 0.3 is 0 Å². The molecule has 138 valence electrons. The fourth-order valence-corrected chi connectivity index (χ4v) is 3.53. The van der Waals surface area contributed by atoms with Crippen LogP contribution in [0.5, 0.6) is 0 Å². The number of hydrogen-bond acceptors (Lipinski definition) is 5. The molecule has 0 saturated heterocycles. The van der Waals surface area contributed by atoms with E-state index >= 15 is 0 Å². The summed E-state index contributed by atoms with van der Waals surface area (Å²) in [5.41, 5.74) is 2.09. The molecule has 2 aromatic carbocycles. The Balaban J connectivity index is 1.73. The molecule has 0 aliphatic rings. The molecule has 0 atom stereocenters. The number of fused-ring (bicyclic) bond motifs is 1. The molecule has 8 heteroatoms. The van der Waals surface area contributed by atoms with Gasteiger partial charge in [0.2, 0.25) is 0 Å². The van der Waals surface area contributed by atoms with Crippen molar-refractivity contribution in [3.8, 4) is 11.3 Å². The SMILES string of the molecule is O=C(/C=C/c1c(-c2ccc(F)cc2)nc2sccn12)c1cccc([N+](=O)[O-])c1. The number of halogens is 1. The average Bonchev–Trinajstić information content (AvgIpc) is 3.28. The van der Waals surface area contributed by atoms with Crippen LogP contribution in [0.3, 0.4) is 0 Å². The Hall–Kier alpha value is -3.65. The number of non-ortho nitro benzene ring substituents is 1. The highest BCUT2D eigenvalue weighted by Gasteiger charge is 2.14. The highest BCUT2D eigenvalue weighted by Crippen LogP contribution is 2.28. The van der Waals surface area contributed by atoms with Crippen molar-refractivity contribution in [3.05, 3.63) is 93.4 Å². The van der Waals surface area contributed by atoms with Crippen molar-refractivity contribution in [2.24, 2.45) is 0 Å². The number of imidazole rings is 1. The second-order valence-electron chi connectivity index (χ2n) is 5.91. The van der Waals surface area contributed by atoms with Crippen LogP contribution in [-0.2, 0) is 0 Å². The average molecular weight is 393 g/mol. The molecule has 4 rings (SSSR count). The van der Waals surface area contributed by atoms with Gasteiger partial charge in [-0.05, 0) is 36.4 Å². The number of benzene rings is 2. The summed E-state index contributed by atoms with van der Waals surface area (Å²) < 4.78 is 15.1. The van der Waals surface area contributed by atoms with Crippen LogP contribution in [-0.4, -0.2) is 20.1 Å². The van der Waals surface area contributed by atoms with Crippen LogP contribution in [0.4, 0.5) is 10.1 Å². The van der Waals surface area contributed by atoms with Crippen molar-refractivity contribution in [1.82, 2.24) is 9.38 Å². The van der Waals surface area contributed by atoms with Gasteiger partial charge in [-0.15, -0.1) is 11.3 Å². The normalized spacial score (nSPS) is 11.3. The predicted molar refractivity (Wildman–Crippen MR) is 105 cm³/mol. The summed E-state index contributed by atoms with van der Waals surface area (Å²) in [4.78, 5) is 28.2. The summed E-state index contributed by atoms with van der Waals surface area (Å²) in [5.74, 6) is -0.707. The van der Waals surface area contributed by atoms with Crippen molar-refractivity contribution in [2.45, 2.75) is 0 Å². The number of carbonyl (C=O) groups excluding carboxylic acids is 1. The van der Waals surface area contributed by atoms with E-state index in [1.165, 1.54) is 53.8 Å². The van der Waals surface area contributed by atoms with Gasteiger partial charge < -0.3 is 0 Å². The van der Waals surface area contributed by atoms with E-state index in [1.54, 1.807) is 18.2 Å². The number of thiazole rings is 1. The summed E-state index contributed by atoms with van der Waals surface area (Å²) in [6.45, 7) is 0. The molecule has 0 fully saturated rings. The molecule has 0 aliphatic carbocycles. The maximum atomic E-state index is 13.2. The minimum atomic E-state index is -0.543. The lowest BCUT2D eigenvalue weighted by atomic mass is 10.1. The van der Waals surface area contributed by atoms with Gasteiger partial charge in [0.15, 0.2) is 10.7 Å². The number of nitro benzene ring substituents is 1. The molecule has 0 spiro atoms. The summed E-state index contributed by atoms with van der Waals surface area (Å²) >= 11 is 1.44. The van der Waals surface area contributed by atoms with E-state index in [2.05, 4.69) is 4.98 Å². The highest BCUT2D eigenvalue weighted by molar-refractivity contribution is 7.15. The number of nitro groups is 1. The van der Waals surface area contributed by atoms with Crippen LogP contribution in [0.2, 0.25) is 0 Å². The number of nitrogens with zero attached hydrogens (tertiary/aromatic N) is 3. The van der Waals surface area contributed by atoms with Crippen LogP contribution in [0.25, 0.3) is 22.3 Å². The number of ketones is 1. The summed E-state index contributed by atoms with van der Waals surface area (Å²) in [7, 11) is 0.